The first-order valence-corrected chi connectivity index (χ1v) is 7.98. The van der Waals surface area contributed by atoms with Crippen molar-refractivity contribution in [1.82, 2.24) is 10.2 Å². The summed E-state index contributed by atoms with van der Waals surface area (Å²) in [6.07, 6.45) is 3.69. The Morgan fingerprint density at radius 3 is 2.67 bits per heavy atom. The summed E-state index contributed by atoms with van der Waals surface area (Å²) < 4.78 is 0.691. The van der Waals surface area contributed by atoms with Gasteiger partial charge in [-0.25, -0.2) is 0 Å². The highest BCUT2D eigenvalue weighted by atomic mass is 79.9. The predicted molar refractivity (Wildman–Crippen MR) is 85.9 cm³/mol. The number of halogens is 1. The molecule has 1 aliphatic rings. The van der Waals surface area contributed by atoms with Gasteiger partial charge >= 0.3 is 0 Å². The second kappa shape index (κ2) is 7.45. The van der Waals surface area contributed by atoms with E-state index in [-0.39, 0.29) is 11.8 Å². The van der Waals surface area contributed by atoms with Crippen LogP contribution in [0.25, 0.3) is 0 Å². The largest absolute Gasteiger partial charge is 0.399 e. The second-order valence-electron chi connectivity index (χ2n) is 5.19. The molecule has 0 aromatic heterocycles. The molecule has 5 nitrogen and oxygen atoms in total. The standard InChI is InChI=1S/C15H20BrN3O2/c16-13-5-4-11(17)10-12(13)15(21)18-7-6-14(20)19-8-2-1-3-9-19/h4-5,10H,1-3,6-9,17H2,(H,18,21). The molecule has 3 N–H and O–H groups in total. The third-order valence-electron chi connectivity index (χ3n) is 3.57. The fraction of sp³-hybridized carbons (Fsp3) is 0.467. The molecule has 0 unspecified atom stereocenters. The highest BCUT2D eigenvalue weighted by Gasteiger charge is 2.16. The number of nitrogens with one attached hydrogen (secondary N) is 1. The maximum atomic E-state index is 12.1. The topological polar surface area (TPSA) is 75.4 Å². The number of amides is 2. The summed E-state index contributed by atoms with van der Waals surface area (Å²) in [7, 11) is 0. The fourth-order valence-electron chi connectivity index (χ4n) is 2.40. The van der Waals surface area contributed by atoms with Crippen LogP contribution in [0.15, 0.2) is 22.7 Å². The van der Waals surface area contributed by atoms with Gasteiger partial charge in [0.15, 0.2) is 0 Å². The molecule has 2 rings (SSSR count). The highest BCUT2D eigenvalue weighted by Crippen LogP contribution is 2.19. The van der Waals surface area contributed by atoms with E-state index in [0.29, 0.717) is 28.7 Å². The molecule has 0 spiro atoms. The van der Waals surface area contributed by atoms with E-state index in [1.165, 1.54) is 6.42 Å². The molecule has 1 fully saturated rings. The number of carbonyl (C=O) groups is 2. The van der Waals surface area contributed by atoms with Crippen LogP contribution < -0.4 is 11.1 Å². The quantitative estimate of drug-likeness (QED) is 0.814. The molecule has 6 heteroatoms. The van der Waals surface area contributed by atoms with E-state index >= 15 is 0 Å². The summed E-state index contributed by atoms with van der Waals surface area (Å²) in [5, 5.41) is 2.77. The Bertz CT molecular complexity index is 528. The number of anilines is 1. The molecule has 0 bridgehead atoms. The minimum Gasteiger partial charge on any atom is -0.399 e. The number of benzene rings is 1. The number of piperidine rings is 1. The summed E-state index contributed by atoms with van der Waals surface area (Å²) in [6, 6.07) is 5.08. The zero-order valence-electron chi connectivity index (χ0n) is 11.9. The van der Waals surface area contributed by atoms with Gasteiger partial charge in [-0.15, -0.1) is 0 Å². The van der Waals surface area contributed by atoms with E-state index in [2.05, 4.69) is 21.2 Å². The van der Waals surface area contributed by atoms with Crippen molar-refractivity contribution in [3.8, 4) is 0 Å². The van der Waals surface area contributed by atoms with Crippen LogP contribution in [0.4, 0.5) is 5.69 Å². The van der Waals surface area contributed by atoms with Crippen LogP contribution in [0.3, 0.4) is 0 Å². The smallest absolute Gasteiger partial charge is 0.252 e. The maximum absolute atomic E-state index is 12.1. The van der Waals surface area contributed by atoms with Crippen LogP contribution in [-0.2, 0) is 4.79 Å². The van der Waals surface area contributed by atoms with Gasteiger partial charge in [-0.05, 0) is 53.4 Å². The Labute approximate surface area is 133 Å². The lowest BCUT2D eigenvalue weighted by Crippen LogP contribution is -2.37. The number of rotatable bonds is 4. The van der Waals surface area contributed by atoms with Gasteiger partial charge in [-0.2, -0.15) is 0 Å². The average Bonchev–Trinajstić information content (AvgIpc) is 2.50. The second-order valence-corrected chi connectivity index (χ2v) is 6.04. The van der Waals surface area contributed by atoms with E-state index in [1.807, 2.05) is 4.90 Å². The minimum absolute atomic E-state index is 0.113. The molecule has 1 aromatic rings. The van der Waals surface area contributed by atoms with E-state index < -0.39 is 0 Å². The van der Waals surface area contributed by atoms with Crippen molar-refractivity contribution >= 4 is 33.4 Å². The van der Waals surface area contributed by atoms with Gasteiger partial charge in [0.1, 0.15) is 0 Å². The number of carbonyl (C=O) groups excluding carboxylic acids is 2. The van der Waals surface area contributed by atoms with Crippen molar-refractivity contribution in [1.29, 1.82) is 0 Å². The van der Waals surface area contributed by atoms with Crippen LogP contribution in [0.5, 0.6) is 0 Å². The molecule has 114 valence electrons. The van der Waals surface area contributed by atoms with Crippen molar-refractivity contribution in [3.63, 3.8) is 0 Å². The van der Waals surface area contributed by atoms with Crippen molar-refractivity contribution in [2.24, 2.45) is 0 Å². The summed E-state index contributed by atoms with van der Waals surface area (Å²) in [6.45, 7) is 2.02. The molecule has 0 saturated carbocycles. The van der Waals surface area contributed by atoms with Crippen LogP contribution in [0.1, 0.15) is 36.0 Å². The summed E-state index contributed by atoms with van der Waals surface area (Å²) in [5.74, 6) is -0.109. The third-order valence-corrected chi connectivity index (χ3v) is 4.26. The monoisotopic (exact) mass is 353 g/mol. The number of nitrogens with two attached hydrogens (primary N) is 1. The first-order valence-electron chi connectivity index (χ1n) is 7.19. The molecule has 0 radical (unpaired) electrons. The zero-order chi connectivity index (χ0) is 15.2. The molecule has 1 aliphatic heterocycles. The van der Waals surface area contributed by atoms with Crippen LogP contribution in [0.2, 0.25) is 0 Å². The predicted octanol–water partition coefficient (Wildman–Crippen LogP) is 2.16. The molecule has 2 amide bonds. The van der Waals surface area contributed by atoms with Crippen molar-refractivity contribution in [2.45, 2.75) is 25.7 Å². The first-order chi connectivity index (χ1) is 10.1. The van der Waals surface area contributed by atoms with Crippen molar-refractivity contribution < 1.29 is 9.59 Å². The van der Waals surface area contributed by atoms with Gasteiger partial charge in [-0.1, -0.05) is 0 Å². The molecule has 0 atom stereocenters. The zero-order valence-corrected chi connectivity index (χ0v) is 13.5. The molecular weight excluding hydrogens is 334 g/mol. The van der Waals surface area contributed by atoms with Gasteiger partial charge in [0, 0.05) is 36.2 Å². The Kier molecular flexibility index (Phi) is 5.61. The van der Waals surface area contributed by atoms with Gasteiger partial charge < -0.3 is 16.0 Å². The Morgan fingerprint density at radius 1 is 1.24 bits per heavy atom. The Morgan fingerprint density at radius 2 is 1.95 bits per heavy atom. The van der Waals surface area contributed by atoms with E-state index in [1.54, 1.807) is 18.2 Å². The molecule has 21 heavy (non-hydrogen) atoms. The number of nitrogen functional groups attached to an aromatic ring is 1. The average molecular weight is 354 g/mol. The summed E-state index contributed by atoms with van der Waals surface area (Å²) >= 11 is 3.32. The lowest BCUT2D eigenvalue weighted by molar-refractivity contribution is -0.131. The minimum atomic E-state index is -0.222. The number of likely N-dealkylation sites (tertiary alicyclic amines) is 1. The molecule has 1 heterocycles. The van der Waals surface area contributed by atoms with Crippen molar-refractivity contribution in [3.05, 3.63) is 28.2 Å². The van der Waals surface area contributed by atoms with Crippen LogP contribution in [0, 0.1) is 0 Å². The van der Waals surface area contributed by atoms with Gasteiger partial charge in [-0.3, -0.25) is 9.59 Å². The Balaban J connectivity index is 1.81. The van der Waals surface area contributed by atoms with E-state index in [0.717, 1.165) is 25.9 Å². The maximum Gasteiger partial charge on any atom is 0.252 e. The molecule has 0 aliphatic carbocycles. The van der Waals surface area contributed by atoms with Crippen LogP contribution in [-0.4, -0.2) is 36.3 Å². The fourth-order valence-corrected chi connectivity index (χ4v) is 2.82. The van der Waals surface area contributed by atoms with Crippen molar-refractivity contribution in [2.75, 3.05) is 25.4 Å². The number of nitrogens with zero attached hydrogens (tertiary/aromatic N) is 1. The summed E-state index contributed by atoms with van der Waals surface area (Å²) in [5.41, 5.74) is 6.70. The number of hydrogen-bond acceptors (Lipinski definition) is 3. The normalized spacial score (nSPS) is 14.8. The highest BCUT2D eigenvalue weighted by molar-refractivity contribution is 9.10. The molecule has 1 aromatic carbocycles. The van der Waals surface area contributed by atoms with Gasteiger partial charge in [0.05, 0.1) is 5.56 Å². The van der Waals surface area contributed by atoms with Gasteiger partial charge in [0.2, 0.25) is 5.91 Å². The number of hydrogen-bond donors (Lipinski definition) is 2. The summed E-state index contributed by atoms with van der Waals surface area (Å²) in [4.78, 5) is 25.9. The lowest BCUT2D eigenvalue weighted by Gasteiger charge is -2.26. The third kappa shape index (κ3) is 4.46. The van der Waals surface area contributed by atoms with Crippen LogP contribution >= 0.6 is 15.9 Å². The lowest BCUT2D eigenvalue weighted by atomic mass is 10.1. The molecule has 1 saturated heterocycles. The van der Waals surface area contributed by atoms with Gasteiger partial charge in [0.25, 0.3) is 5.91 Å². The SMILES string of the molecule is Nc1ccc(Br)c(C(=O)NCCC(=O)N2CCCCC2)c1. The van der Waals surface area contributed by atoms with E-state index in [9.17, 15) is 9.59 Å². The Hall–Kier alpha value is -1.56. The molecular formula is C15H20BrN3O2. The van der Waals surface area contributed by atoms with E-state index in [4.69, 9.17) is 5.73 Å². The first kappa shape index (κ1) is 15.8.